The molecule has 0 N–H and O–H groups in total. The molecule has 0 saturated carbocycles. The van der Waals surface area contributed by atoms with Crippen LogP contribution in [-0.2, 0) is 12.8 Å². The maximum absolute atomic E-state index is 2.36. The van der Waals surface area contributed by atoms with Crippen LogP contribution in [0.15, 0.2) is 60.7 Å². The normalized spacial score (nSPS) is 12.4. The molecular weight excluding hydrogens is 384 g/mol. The first-order valence-electron chi connectivity index (χ1n) is 11.7. The van der Waals surface area contributed by atoms with Crippen LogP contribution in [0, 0.1) is 41.5 Å². The first-order valence-corrected chi connectivity index (χ1v) is 11.7. The highest BCUT2D eigenvalue weighted by molar-refractivity contribution is 5.81. The van der Waals surface area contributed by atoms with Gasteiger partial charge < -0.3 is 0 Å². The van der Waals surface area contributed by atoms with E-state index >= 15 is 0 Å². The van der Waals surface area contributed by atoms with E-state index in [9.17, 15) is 0 Å². The third-order valence-electron chi connectivity index (χ3n) is 7.88. The maximum atomic E-state index is 2.36. The molecule has 0 aromatic heterocycles. The van der Waals surface area contributed by atoms with Crippen LogP contribution < -0.4 is 0 Å². The quantitative estimate of drug-likeness (QED) is 0.233. The van der Waals surface area contributed by atoms with Crippen LogP contribution in [0.25, 0.3) is 22.3 Å². The molecule has 2 aliphatic carbocycles. The monoisotopic (exact) mass is 416 g/mol. The zero-order valence-corrected chi connectivity index (χ0v) is 20.2. The predicted molar refractivity (Wildman–Crippen MR) is 138 cm³/mol. The second-order valence-corrected chi connectivity index (χ2v) is 9.62. The minimum Gasteiger partial charge on any atom is -0.0619 e. The van der Waals surface area contributed by atoms with Crippen LogP contribution in [0.4, 0.5) is 0 Å². The number of fused-ring (bicyclic) bond motifs is 6. The van der Waals surface area contributed by atoms with Crippen LogP contribution in [-0.4, -0.2) is 0 Å². The highest BCUT2D eigenvalue weighted by Gasteiger charge is 2.22. The van der Waals surface area contributed by atoms with Crippen molar-refractivity contribution >= 4 is 0 Å². The molecule has 0 heteroatoms. The summed E-state index contributed by atoms with van der Waals surface area (Å²) in [6.45, 7) is 13.4. The molecular formula is C32H32. The summed E-state index contributed by atoms with van der Waals surface area (Å²) in [4.78, 5) is 0. The molecule has 0 spiro atoms. The maximum Gasteiger partial charge on any atom is -0.00107 e. The van der Waals surface area contributed by atoms with Gasteiger partial charge in [0, 0.05) is 0 Å². The van der Waals surface area contributed by atoms with Gasteiger partial charge >= 0.3 is 0 Å². The first kappa shape index (κ1) is 20.8. The van der Waals surface area contributed by atoms with Crippen molar-refractivity contribution in [3.63, 3.8) is 0 Å². The van der Waals surface area contributed by atoms with E-state index in [0.717, 1.165) is 12.8 Å². The molecule has 160 valence electrons. The van der Waals surface area contributed by atoms with Crippen molar-refractivity contribution in [2.75, 3.05) is 0 Å². The Morgan fingerprint density at radius 1 is 0.469 bits per heavy atom. The Hall–Kier alpha value is -3.12. The van der Waals surface area contributed by atoms with Crippen molar-refractivity contribution in [2.45, 2.75) is 54.4 Å². The average molecular weight is 417 g/mol. The lowest BCUT2D eigenvalue weighted by Gasteiger charge is -2.11. The molecule has 4 aromatic carbocycles. The van der Waals surface area contributed by atoms with E-state index in [4.69, 9.17) is 0 Å². The minimum absolute atomic E-state index is 1.10. The summed E-state index contributed by atoms with van der Waals surface area (Å²) >= 11 is 0. The molecule has 6 rings (SSSR count). The van der Waals surface area contributed by atoms with Gasteiger partial charge in [0.15, 0.2) is 0 Å². The second-order valence-electron chi connectivity index (χ2n) is 9.62. The minimum atomic E-state index is 1.10. The van der Waals surface area contributed by atoms with Gasteiger partial charge in [0.1, 0.15) is 0 Å². The van der Waals surface area contributed by atoms with E-state index in [1.807, 2.05) is 0 Å². The summed E-state index contributed by atoms with van der Waals surface area (Å²) in [7, 11) is 0. The van der Waals surface area contributed by atoms with Crippen molar-refractivity contribution < 1.29 is 0 Å². The Labute approximate surface area is 193 Å². The van der Waals surface area contributed by atoms with Gasteiger partial charge in [-0.3, -0.25) is 0 Å². The Morgan fingerprint density at radius 3 is 1.75 bits per heavy atom. The van der Waals surface area contributed by atoms with Crippen molar-refractivity contribution in [3.8, 4) is 22.3 Å². The molecule has 0 fully saturated rings. The van der Waals surface area contributed by atoms with Crippen LogP contribution in [0.3, 0.4) is 0 Å². The van der Waals surface area contributed by atoms with Gasteiger partial charge in [0.25, 0.3) is 0 Å². The second kappa shape index (κ2) is 7.78. The van der Waals surface area contributed by atoms with Crippen molar-refractivity contribution in [1.29, 1.82) is 0 Å². The number of rotatable bonds is 0. The van der Waals surface area contributed by atoms with Gasteiger partial charge in [-0.15, -0.1) is 0 Å². The fourth-order valence-electron chi connectivity index (χ4n) is 5.54. The van der Waals surface area contributed by atoms with Crippen molar-refractivity contribution in [1.82, 2.24) is 0 Å². The van der Waals surface area contributed by atoms with Crippen LogP contribution in [0.5, 0.6) is 0 Å². The van der Waals surface area contributed by atoms with Gasteiger partial charge in [0.2, 0.25) is 0 Å². The van der Waals surface area contributed by atoms with Gasteiger partial charge in [-0.1, -0.05) is 60.7 Å². The van der Waals surface area contributed by atoms with E-state index in [-0.39, 0.29) is 0 Å². The molecule has 4 aromatic rings. The summed E-state index contributed by atoms with van der Waals surface area (Å²) in [5, 5.41) is 0. The van der Waals surface area contributed by atoms with Crippen molar-refractivity contribution in [3.05, 3.63) is 116 Å². The van der Waals surface area contributed by atoms with Crippen LogP contribution in [0.2, 0.25) is 0 Å². The fourth-order valence-corrected chi connectivity index (χ4v) is 5.54. The number of hydrogen-bond acceptors (Lipinski definition) is 0. The van der Waals surface area contributed by atoms with E-state index in [2.05, 4.69) is 102 Å². The number of aryl methyl sites for hydroxylation is 2. The largest absolute Gasteiger partial charge is 0.0619 e. The van der Waals surface area contributed by atoms with Gasteiger partial charge in [-0.05, 0) is 132 Å². The molecule has 2 aliphatic rings. The smallest absolute Gasteiger partial charge is 0.00107 e. The zero-order valence-electron chi connectivity index (χ0n) is 20.2. The average Bonchev–Trinajstić information content (AvgIpc) is 3.35. The molecule has 0 heterocycles. The lowest BCUT2D eigenvalue weighted by Crippen LogP contribution is -1.93. The van der Waals surface area contributed by atoms with Crippen molar-refractivity contribution in [2.24, 2.45) is 0 Å². The Kier molecular flexibility index (Phi) is 5.05. The summed E-state index contributed by atoms with van der Waals surface area (Å²) < 4.78 is 0. The van der Waals surface area contributed by atoms with E-state index in [1.54, 1.807) is 0 Å². The van der Waals surface area contributed by atoms with E-state index in [1.165, 1.54) is 77.9 Å². The molecule has 0 atom stereocenters. The highest BCUT2D eigenvalue weighted by Crippen LogP contribution is 2.41. The Bertz CT molecular complexity index is 1370. The molecule has 0 radical (unpaired) electrons. The summed E-state index contributed by atoms with van der Waals surface area (Å²) in [6.07, 6.45) is 2.21. The molecule has 0 bridgehead atoms. The Balaban J connectivity index is 0.000000135. The lowest BCUT2D eigenvalue weighted by molar-refractivity contribution is 1.17. The van der Waals surface area contributed by atoms with Gasteiger partial charge in [-0.2, -0.15) is 0 Å². The first-order chi connectivity index (χ1) is 15.4. The third-order valence-corrected chi connectivity index (χ3v) is 7.88. The molecule has 0 saturated heterocycles. The number of benzene rings is 4. The van der Waals surface area contributed by atoms with E-state index < -0.39 is 0 Å². The zero-order chi connectivity index (χ0) is 22.6. The molecule has 32 heavy (non-hydrogen) atoms. The van der Waals surface area contributed by atoms with Gasteiger partial charge in [-0.25, -0.2) is 0 Å². The fraction of sp³-hybridized carbons (Fsp3) is 0.250. The van der Waals surface area contributed by atoms with Gasteiger partial charge in [0.05, 0.1) is 0 Å². The van der Waals surface area contributed by atoms with Crippen LogP contribution >= 0.6 is 0 Å². The molecule has 0 nitrogen and oxygen atoms in total. The van der Waals surface area contributed by atoms with Crippen LogP contribution in [0.1, 0.15) is 55.6 Å². The van der Waals surface area contributed by atoms with E-state index in [0.29, 0.717) is 0 Å². The SMILES string of the molecule is Cc1cc2c(c(C)c1C)-c1ccccc1C2.Cc1cc2c(c(C)c1C)Cc1ccccc1-2. The molecule has 0 unspecified atom stereocenters. The third kappa shape index (κ3) is 3.21. The molecule has 0 aliphatic heterocycles. The predicted octanol–water partition coefficient (Wildman–Crippen LogP) is 8.37. The topological polar surface area (TPSA) is 0 Å². The standard InChI is InChI=1S/2C16H16/c1-10-8-14-9-13-6-4-5-7-15(13)16(14)12(3)11(10)2;1-10-8-16-14-7-5-4-6-13(14)9-15(16)12(3)11(10)2/h2*4-8H,9H2,1-3H3. The highest BCUT2D eigenvalue weighted by atomic mass is 14.3. The lowest BCUT2D eigenvalue weighted by atomic mass is 9.93. The number of hydrogen-bond donors (Lipinski definition) is 0. The molecule has 0 amide bonds. The summed E-state index contributed by atoms with van der Waals surface area (Å²) in [5.74, 6) is 0. The summed E-state index contributed by atoms with van der Waals surface area (Å²) in [6, 6.07) is 22.3. The summed E-state index contributed by atoms with van der Waals surface area (Å²) in [5.41, 5.74) is 20.5. The Morgan fingerprint density at radius 2 is 1.03 bits per heavy atom.